The molecule has 0 spiro atoms. The van der Waals surface area contributed by atoms with E-state index in [4.69, 9.17) is 11.6 Å². The second-order valence-corrected chi connectivity index (χ2v) is 8.83. The molecule has 0 fully saturated rings. The summed E-state index contributed by atoms with van der Waals surface area (Å²) in [5, 5.41) is 13.9. The average Bonchev–Trinajstić information content (AvgIpc) is 3.16. The number of carbonyl (C=O) groups is 2. The summed E-state index contributed by atoms with van der Waals surface area (Å²) < 4.78 is 0.927. The number of halogens is 2. The molecule has 0 aliphatic heterocycles. The number of carbonyl (C=O) groups excluding carboxylic acids is 2. The number of nitrogens with zero attached hydrogens (tertiary/aromatic N) is 2. The van der Waals surface area contributed by atoms with Crippen LogP contribution < -0.4 is 10.6 Å². The summed E-state index contributed by atoms with van der Waals surface area (Å²) in [7, 11) is 0. The minimum atomic E-state index is -0.788. The Morgan fingerprint density at radius 2 is 1.86 bits per heavy atom. The quantitative estimate of drug-likeness (QED) is 0.482. The van der Waals surface area contributed by atoms with Gasteiger partial charge in [0.05, 0.1) is 0 Å². The number of aromatic nitrogens is 2. The SMILES string of the molecule is CC(Cl)C(=O)NC(Cc1ccccc1)C(=O)Nc1nnc(-c2cccc(Br)c2)s1. The molecule has 2 aromatic carbocycles. The Kier molecular flexibility index (Phi) is 7.35. The van der Waals surface area contributed by atoms with Crippen LogP contribution in [0.3, 0.4) is 0 Å². The molecule has 9 heteroatoms. The molecule has 0 aliphatic carbocycles. The molecule has 2 atom stereocenters. The van der Waals surface area contributed by atoms with Gasteiger partial charge < -0.3 is 5.32 Å². The van der Waals surface area contributed by atoms with Gasteiger partial charge in [-0.25, -0.2) is 0 Å². The monoisotopic (exact) mass is 492 g/mol. The smallest absolute Gasteiger partial charge is 0.249 e. The maximum Gasteiger partial charge on any atom is 0.249 e. The van der Waals surface area contributed by atoms with Gasteiger partial charge in [0.25, 0.3) is 0 Å². The van der Waals surface area contributed by atoms with E-state index in [9.17, 15) is 9.59 Å². The molecule has 2 unspecified atom stereocenters. The molecule has 3 aromatic rings. The normalized spacial score (nSPS) is 12.8. The minimum absolute atomic E-state index is 0.333. The maximum atomic E-state index is 12.8. The van der Waals surface area contributed by atoms with Crippen molar-refractivity contribution >= 4 is 55.8 Å². The Balaban J connectivity index is 1.74. The van der Waals surface area contributed by atoms with Crippen LogP contribution in [0.1, 0.15) is 12.5 Å². The van der Waals surface area contributed by atoms with E-state index < -0.39 is 17.3 Å². The maximum absolute atomic E-state index is 12.8. The van der Waals surface area contributed by atoms with Crippen molar-refractivity contribution in [3.05, 3.63) is 64.6 Å². The fourth-order valence-corrected chi connectivity index (χ4v) is 3.76. The standard InChI is InChI=1S/C20H18BrClN4O2S/c1-12(22)17(27)23-16(10-13-6-3-2-4-7-13)18(28)24-20-26-25-19(29-20)14-8-5-9-15(21)11-14/h2-9,11-12,16H,10H2,1H3,(H,23,27)(H,24,26,28). The van der Waals surface area contributed by atoms with Crippen LogP contribution in [-0.4, -0.2) is 33.4 Å². The number of benzene rings is 2. The van der Waals surface area contributed by atoms with Crippen molar-refractivity contribution in [3.8, 4) is 10.6 Å². The first-order valence-corrected chi connectivity index (χ1v) is 10.9. The first-order valence-electron chi connectivity index (χ1n) is 8.81. The lowest BCUT2D eigenvalue weighted by molar-refractivity contribution is -0.126. The molecule has 29 heavy (non-hydrogen) atoms. The lowest BCUT2D eigenvalue weighted by atomic mass is 10.1. The third-order valence-electron chi connectivity index (χ3n) is 4.00. The highest BCUT2D eigenvalue weighted by Crippen LogP contribution is 2.28. The fraction of sp³-hybridized carbons (Fsp3) is 0.200. The summed E-state index contributed by atoms with van der Waals surface area (Å²) in [5.41, 5.74) is 1.81. The highest BCUT2D eigenvalue weighted by Gasteiger charge is 2.24. The van der Waals surface area contributed by atoms with Crippen LogP contribution >= 0.6 is 38.9 Å². The first-order chi connectivity index (χ1) is 13.9. The zero-order valence-electron chi connectivity index (χ0n) is 15.4. The van der Waals surface area contributed by atoms with Crippen molar-refractivity contribution in [1.29, 1.82) is 0 Å². The second kappa shape index (κ2) is 9.96. The van der Waals surface area contributed by atoms with E-state index in [1.807, 2.05) is 54.6 Å². The number of hydrogen-bond donors (Lipinski definition) is 2. The number of nitrogens with one attached hydrogen (secondary N) is 2. The molecule has 0 bridgehead atoms. The molecule has 2 N–H and O–H groups in total. The predicted octanol–water partition coefficient (Wildman–Crippen LogP) is 4.26. The number of alkyl halides is 1. The lowest BCUT2D eigenvalue weighted by Crippen LogP contribution is -2.47. The number of anilines is 1. The Bertz CT molecular complexity index is 997. The van der Waals surface area contributed by atoms with E-state index in [1.54, 1.807) is 6.92 Å². The Hall–Kier alpha value is -2.29. The number of rotatable bonds is 7. The molecule has 1 heterocycles. The molecule has 0 aliphatic rings. The molecule has 3 rings (SSSR count). The topological polar surface area (TPSA) is 84.0 Å². The lowest BCUT2D eigenvalue weighted by Gasteiger charge is -2.18. The van der Waals surface area contributed by atoms with E-state index in [0.29, 0.717) is 16.6 Å². The minimum Gasteiger partial charge on any atom is -0.343 e. The number of amides is 2. The van der Waals surface area contributed by atoms with E-state index in [0.717, 1.165) is 15.6 Å². The van der Waals surface area contributed by atoms with Gasteiger partial charge in [0.2, 0.25) is 16.9 Å². The van der Waals surface area contributed by atoms with Crippen molar-refractivity contribution < 1.29 is 9.59 Å². The van der Waals surface area contributed by atoms with Crippen LogP contribution in [0.5, 0.6) is 0 Å². The molecular formula is C20H18BrClN4O2S. The Labute approximate surface area is 185 Å². The van der Waals surface area contributed by atoms with Crippen molar-refractivity contribution in [2.75, 3.05) is 5.32 Å². The van der Waals surface area contributed by atoms with Crippen molar-refractivity contribution in [1.82, 2.24) is 15.5 Å². The van der Waals surface area contributed by atoms with Crippen LogP contribution in [0, 0.1) is 0 Å². The predicted molar refractivity (Wildman–Crippen MR) is 119 cm³/mol. The average molecular weight is 494 g/mol. The van der Waals surface area contributed by atoms with Gasteiger partial charge in [-0.3, -0.25) is 14.9 Å². The fourth-order valence-electron chi connectivity index (χ4n) is 2.55. The van der Waals surface area contributed by atoms with Crippen molar-refractivity contribution in [2.45, 2.75) is 24.8 Å². The van der Waals surface area contributed by atoms with Gasteiger partial charge in [0, 0.05) is 16.5 Å². The highest BCUT2D eigenvalue weighted by molar-refractivity contribution is 9.10. The van der Waals surface area contributed by atoms with Crippen LogP contribution in [0.25, 0.3) is 10.6 Å². The third-order valence-corrected chi connectivity index (χ3v) is 5.58. The van der Waals surface area contributed by atoms with Gasteiger partial charge >= 0.3 is 0 Å². The summed E-state index contributed by atoms with van der Waals surface area (Å²) in [6, 6.07) is 16.3. The Morgan fingerprint density at radius 3 is 2.55 bits per heavy atom. The van der Waals surface area contributed by atoms with Crippen LogP contribution in [0.2, 0.25) is 0 Å². The largest absolute Gasteiger partial charge is 0.343 e. The summed E-state index contributed by atoms with van der Waals surface area (Å²) in [4.78, 5) is 24.9. The molecular weight excluding hydrogens is 476 g/mol. The second-order valence-electron chi connectivity index (χ2n) is 6.28. The van der Waals surface area contributed by atoms with E-state index in [-0.39, 0.29) is 5.91 Å². The Morgan fingerprint density at radius 1 is 1.10 bits per heavy atom. The van der Waals surface area contributed by atoms with Crippen LogP contribution in [0.4, 0.5) is 5.13 Å². The molecule has 0 radical (unpaired) electrons. The summed E-state index contributed by atoms with van der Waals surface area (Å²) in [6.07, 6.45) is 0.333. The van der Waals surface area contributed by atoms with E-state index in [2.05, 4.69) is 36.8 Å². The van der Waals surface area contributed by atoms with Crippen molar-refractivity contribution in [2.24, 2.45) is 0 Å². The third kappa shape index (κ3) is 6.09. The first kappa shape index (κ1) is 21.4. The van der Waals surface area contributed by atoms with E-state index >= 15 is 0 Å². The molecule has 2 amide bonds. The molecule has 1 aromatic heterocycles. The van der Waals surface area contributed by atoms with E-state index in [1.165, 1.54) is 11.3 Å². The summed E-state index contributed by atoms with van der Waals surface area (Å²) >= 11 is 10.5. The molecule has 0 saturated heterocycles. The van der Waals surface area contributed by atoms with Crippen molar-refractivity contribution in [3.63, 3.8) is 0 Å². The van der Waals surface area contributed by atoms with Gasteiger partial charge in [-0.15, -0.1) is 21.8 Å². The molecule has 150 valence electrons. The van der Waals surface area contributed by atoms with Crippen LogP contribution in [0.15, 0.2) is 59.1 Å². The molecule has 0 saturated carbocycles. The van der Waals surface area contributed by atoms with Gasteiger partial charge in [0.15, 0.2) is 0 Å². The highest BCUT2D eigenvalue weighted by atomic mass is 79.9. The zero-order chi connectivity index (χ0) is 20.8. The van der Waals surface area contributed by atoms with Gasteiger partial charge in [-0.05, 0) is 24.6 Å². The zero-order valence-corrected chi connectivity index (χ0v) is 18.6. The summed E-state index contributed by atoms with van der Waals surface area (Å²) in [5.74, 6) is -0.786. The van der Waals surface area contributed by atoms with Crippen LogP contribution in [-0.2, 0) is 16.0 Å². The summed E-state index contributed by atoms with van der Waals surface area (Å²) in [6.45, 7) is 1.56. The number of hydrogen-bond acceptors (Lipinski definition) is 5. The van der Waals surface area contributed by atoms with Gasteiger partial charge in [-0.1, -0.05) is 69.7 Å². The molecule has 6 nitrogen and oxygen atoms in total. The van der Waals surface area contributed by atoms with Gasteiger partial charge in [0.1, 0.15) is 16.4 Å². The van der Waals surface area contributed by atoms with Gasteiger partial charge in [-0.2, -0.15) is 0 Å².